The van der Waals surface area contributed by atoms with Crippen molar-refractivity contribution in [1.29, 1.82) is 0 Å². The monoisotopic (exact) mass is 460 g/mol. The number of benzene rings is 1. The maximum absolute atomic E-state index is 13.1. The van der Waals surface area contributed by atoms with Crippen LogP contribution in [-0.2, 0) is 19.1 Å². The molecule has 2 fully saturated rings. The van der Waals surface area contributed by atoms with E-state index in [1.54, 1.807) is 19.2 Å². The van der Waals surface area contributed by atoms with Crippen LogP contribution in [0.15, 0.2) is 24.3 Å². The van der Waals surface area contributed by atoms with E-state index in [0.29, 0.717) is 12.0 Å². The summed E-state index contributed by atoms with van der Waals surface area (Å²) in [7, 11) is 1.60. The Morgan fingerprint density at radius 1 is 1.21 bits per heavy atom. The average molecular weight is 461 g/mol. The van der Waals surface area contributed by atoms with Gasteiger partial charge in [0.25, 0.3) is 5.91 Å². The first-order valence-electron chi connectivity index (χ1n) is 11.7. The van der Waals surface area contributed by atoms with Crippen LogP contribution in [0.5, 0.6) is 0 Å². The van der Waals surface area contributed by atoms with Gasteiger partial charge in [0.15, 0.2) is 5.78 Å². The molecule has 33 heavy (non-hydrogen) atoms. The molecule has 9 heteroatoms. The van der Waals surface area contributed by atoms with E-state index < -0.39 is 12.1 Å². The van der Waals surface area contributed by atoms with Crippen molar-refractivity contribution in [2.24, 2.45) is 5.92 Å². The minimum Gasteiger partial charge on any atom is -0.384 e. The number of carbonyl (C=O) groups is 3. The normalized spacial score (nSPS) is 20.0. The van der Waals surface area contributed by atoms with Gasteiger partial charge in [-0.3, -0.25) is 19.3 Å². The number of likely N-dealkylation sites (N-methyl/N-ethyl adjacent to an activating group) is 1. The zero-order valence-corrected chi connectivity index (χ0v) is 19.8. The van der Waals surface area contributed by atoms with Crippen LogP contribution in [-0.4, -0.2) is 99.1 Å². The molecule has 182 valence electrons. The predicted octanol–water partition coefficient (Wildman–Crippen LogP) is 1.00. The highest BCUT2D eigenvalue weighted by Gasteiger charge is 2.35. The van der Waals surface area contributed by atoms with E-state index in [9.17, 15) is 14.4 Å². The molecule has 2 aliphatic heterocycles. The molecule has 2 aliphatic rings. The Morgan fingerprint density at radius 2 is 1.97 bits per heavy atom. The van der Waals surface area contributed by atoms with E-state index in [2.05, 4.69) is 15.5 Å². The molecule has 0 spiro atoms. The molecule has 1 aromatic rings. The van der Waals surface area contributed by atoms with Crippen molar-refractivity contribution in [2.45, 2.75) is 32.4 Å². The molecule has 0 radical (unpaired) electrons. The molecule has 0 aliphatic carbocycles. The molecule has 2 heterocycles. The number of rotatable bonds is 10. The van der Waals surface area contributed by atoms with Gasteiger partial charge in [-0.1, -0.05) is 19.9 Å². The first kappa shape index (κ1) is 25.1. The fourth-order valence-electron chi connectivity index (χ4n) is 4.08. The summed E-state index contributed by atoms with van der Waals surface area (Å²) >= 11 is 0. The Hall–Kier alpha value is -2.49. The number of nitrogens with zero attached hydrogens (tertiary/aromatic N) is 2. The molecular formula is C24H36N4O5. The first-order valence-corrected chi connectivity index (χ1v) is 11.7. The minimum atomic E-state index is -0.714. The second-order valence-electron chi connectivity index (χ2n) is 9.06. The molecule has 2 atom stereocenters. The summed E-state index contributed by atoms with van der Waals surface area (Å²) < 4.78 is 10.6. The van der Waals surface area contributed by atoms with Crippen LogP contribution in [0, 0.1) is 5.92 Å². The summed E-state index contributed by atoms with van der Waals surface area (Å²) in [5, 5.41) is 6.25. The Morgan fingerprint density at radius 3 is 2.64 bits per heavy atom. The van der Waals surface area contributed by atoms with Crippen molar-refractivity contribution in [3.63, 3.8) is 0 Å². The van der Waals surface area contributed by atoms with Gasteiger partial charge in [-0.05, 0) is 30.5 Å². The van der Waals surface area contributed by atoms with Crippen molar-refractivity contribution in [3.8, 4) is 0 Å². The number of nitrogens with one attached hydrogen (secondary N) is 2. The van der Waals surface area contributed by atoms with E-state index >= 15 is 0 Å². The molecule has 2 saturated heterocycles. The molecule has 3 rings (SSSR count). The van der Waals surface area contributed by atoms with Gasteiger partial charge in [-0.2, -0.15) is 0 Å². The van der Waals surface area contributed by atoms with Crippen molar-refractivity contribution < 1.29 is 23.9 Å². The first-order chi connectivity index (χ1) is 15.8. The molecule has 1 aromatic carbocycles. The number of ether oxygens (including phenoxy) is 2. The lowest BCUT2D eigenvalue weighted by molar-refractivity contribution is -0.138. The third kappa shape index (κ3) is 7.25. The van der Waals surface area contributed by atoms with Crippen LogP contribution >= 0.6 is 0 Å². The maximum Gasteiger partial charge on any atom is 0.252 e. The van der Waals surface area contributed by atoms with Gasteiger partial charge in [-0.25, -0.2) is 0 Å². The summed E-state index contributed by atoms with van der Waals surface area (Å²) in [5.74, 6) is -0.512. The van der Waals surface area contributed by atoms with E-state index in [4.69, 9.17) is 9.47 Å². The number of carbonyl (C=O) groups excluding carboxylic acids is 3. The number of hydrogen-bond acceptors (Lipinski definition) is 7. The smallest absolute Gasteiger partial charge is 0.252 e. The fourth-order valence-corrected chi connectivity index (χ4v) is 4.08. The van der Waals surface area contributed by atoms with Crippen LogP contribution in [0.4, 0.5) is 5.69 Å². The van der Waals surface area contributed by atoms with Gasteiger partial charge in [0.05, 0.1) is 19.8 Å². The second-order valence-corrected chi connectivity index (χ2v) is 9.06. The van der Waals surface area contributed by atoms with Crippen LogP contribution < -0.4 is 10.6 Å². The van der Waals surface area contributed by atoms with Crippen molar-refractivity contribution >= 4 is 23.3 Å². The lowest BCUT2D eigenvalue weighted by Crippen LogP contribution is -2.52. The van der Waals surface area contributed by atoms with Crippen molar-refractivity contribution in [1.82, 2.24) is 15.1 Å². The Balaban J connectivity index is 1.59. The second kappa shape index (κ2) is 12.1. The number of anilines is 1. The van der Waals surface area contributed by atoms with Crippen LogP contribution in [0.1, 0.15) is 30.6 Å². The highest BCUT2D eigenvalue weighted by molar-refractivity contribution is 5.99. The number of hydrogen-bond donors (Lipinski definition) is 2. The summed E-state index contributed by atoms with van der Waals surface area (Å²) in [6.45, 7) is 9.28. The third-order valence-electron chi connectivity index (χ3n) is 6.00. The lowest BCUT2D eigenvalue weighted by atomic mass is 10.0. The van der Waals surface area contributed by atoms with E-state index in [1.165, 1.54) is 4.90 Å². The van der Waals surface area contributed by atoms with Gasteiger partial charge >= 0.3 is 0 Å². The molecule has 2 N–H and O–H groups in total. The van der Waals surface area contributed by atoms with Crippen LogP contribution in [0.3, 0.4) is 0 Å². The number of ketones is 1. The summed E-state index contributed by atoms with van der Waals surface area (Å²) in [6, 6.07) is 5.97. The van der Waals surface area contributed by atoms with E-state index in [0.717, 1.165) is 45.1 Å². The standard InChI is InChI=1S/C24H36N4O5/c1-17(2)13-20(24(31)27(3)21-15-33-16-22(21)29)26-23(30)18-5-4-6-19(14-18)25-7-8-28-9-11-32-12-10-28/h4-6,14,17,20-21,25H,7-13,15-16H2,1-3H3,(H,26,30). The van der Waals surface area contributed by atoms with Gasteiger partial charge in [0, 0.05) is 44.5 Å². The average Bonchev–Trinajstić information content (AvgIpc) is 3.24. The number of amides is 2. The van der Waals surface area contributed by atoms with Crippen LogP contribution in [0.25, 0.3) is 0 Å². The molecule has 0 bridgehead atoms. The summed E-state index contributed by atoms with van der Waals surface area (Å²) in [5.41, 5.74) is 1.34. The fraction of sp³-hybridized carbons (Fsp3) is 0.625. The Kier molecular flexibility index (Phi) is 9.22. The van der Waals surface area contributed by atoms with Crippen molar-refractivity contribution in [3.05, 3.63) is 29.8 Å². The largest absolute Gasteiger partial charge is 0.384 e. The summed E-state index contributed by atoms with van der Waals surface area (Å²) in [6.07, 6.45) is 0.480. The van der Waals surface area contributed by atoms with Gasteiger partial charge in [0.2, 0.25) is 5.91 Å². The molecule has 0 saturated carbocycles. The zero-order chi connectivity index (χ0) is 23.8. The SMILES string of the molecule is CC(C)CC(NC(=O)c1cccc(NCCN2CCOCC2)c1)C(=O)N(C)C1COCC1=O. The Labute approximate surface area is 195 Å². The number of Topliss-reactive ketones (excluding diaryl/α,β-unsaturated/α-hetero) is 1. The van der Waals surface area contributed by atoms with Gasteiger partial charge in [0.1, 0.15) is 18.7 Å². The van der Waals surface area contributed by atoms with E-state index in [-0.39, 0.29) is 36.7 Å². The topological polar surface area (TPSA) is 100 Å². The molecule has 2 amide bonds. The summed E-state index contributed by atoms with van der Waals surface area (Å²) in [4.78, 5) is 41.9. The minimum absolute atomic E-state index is 0.0226. The highest BCUT2D eigenvalue weighted by Crippen LogP contribution is 2.15. The maximum atomic E-state index is 13.1. The van der Waals surface area contributed by atoms with Crippen LogP contribution in [0.2, 0.25) is 0 Å². The quantitative estimate of drug-likeness (QED) is 0.537. The van der Waals surface area contributed by atoms with Gasteiger partial charge in [-0.15, -0.1) is 0 Å². The molecule has 2 unspecified atom stereocenters. The predicted molar refractivity (Wildman–Crippen MR) is 125 cm³/mol. The van der Waals surface area contributed by atoms with Crippen molar-refractivity contribution in [2.75, 3.05) is 65.0 Å². The van der Waals surface area contributed by atoms with E-state index in [1.807, 2.05) is 26.0 Å². The zero-order valence-electron chi connectivity index (χ0n) is 19.8. The molecule has 9 nitrogen and oxygen atoms in total. The third-order valence-corrected chi connectivity index (χ3v) is 6.00. The molecule has 0 aromatic heterocycles. The molecular weight excluding hydrogens is 424 g/mol. The highest BCUT2D eigenvalue weighted by atomic mass is 16.5. The lowest BCUT2D eigenvalue weighted by Gasteiger charge is -2.28. The number of morpholine rings is 1. The van der Waals surface area contributed by atoms with Gasteiger partial charge < -0.3 is 25.0 Å². The Bertz CT molecular complexity index is 825.